The van der Waals surface area contributed by atoms with E-state index < -0.39 is 0 Å². The number of piperazine rings is 1. The predicted octanol–water partition coefficient (Wildman–Crippen LogP) is 3.50. The molecular formula is C22H42N4O. The second-order valence-electron chi connectivity index (χ2n) is 10.6. The van der Waals surface area contributed by atoms with Crippen molar-refractivity contribution in [3.63, 3.8) is 0 Å². The first-order valence-corrected chi connectivity index (χ1v) is 11.1. The largest absolute Gasteiger partial charge is 0.325 e. The third-order valence-electron chi connectivity index (χ3n) is 7.30. The van der Waals surface area contributed by atoms with Crippen LogP contribution in [0.5, 0.6) is 0 Å². The molecule has 1 aliphatic carbocycles. The molecule has 2 amide bonds. The summed E-state index contributed by atoms with van der Waals surface area (Å²) in [6.45, 7) is 19.0. The molecule has 5 nitrogen and oxygen atoms in total. The average Bonchev–Trinajstić information content (AvgIpc) is 3.41. The smallest absolute Gasteiger partial charge is 0.319 e. The molecule has 3 fully saturated rings. The summed E-state index contributed by atoms with van der Waals surface area (Å²) in [7, 11) is 1.93. The number of carbonyl (C=O) groups is 1. The lowest BCUT2D eigenvalue weighted by molar-refractivity contribution is -0.116. The van der Waals surface area contributed by atoms with Crippen LogP contribution in [0.1, 0.15) is 67.2 Å². The molecule has 0 bridgehead atoms. The summed E-state index contributed by atoms with van der Waals surface area (Å²) < 4.78 is 0. The van der Waals surface area contributed by atoms with E-state index in [2.05, 4.69) is 56.2 Å². The summed E-state index contributed by atoms with van der Waals surface area (Å²) in [5, 5.41) is 0. The van der Waals surface area contributed by atoms with E-state index in [-0.39, 0.29) is 23.2 Å². The third kappa shape index (κ3) is 4.29. The predicted molar refractivity (Wildman–Crippen MR) is 112 cm³/mol. The van der Waals surface area contributed by atoms with Gasteiger partial charge in [0.25, 0.3) is 0 Å². The van der Waals surface area contributed by atoms with E-state index in [1.54, 1.807) is 0 Å². The Balaban J connectivity index is 1.77. The van der Waals surface area contributed by atoms with Gasteiger partial charge in [-0.05, 0) is 73.1 Å². The molecule has 3 rings (SSSR count). The number of nitrogens with zero attached hydrogens (tertiary/aromatic N) is 4. The van der Waals surface area contributed by atoms with Gasteiger partial charge < -0.3 is 9.80 Å². The van der Waals surface area contributed by atoms with Crippen LogP contribution in [0.25, 0.3) is 0 Å². The minimum Gasteiger partial charge on any atom is -0.325 e. The number of rotatable bonds is 4. The van der Waals surface area contributed by atoms with E-state index in [4.69, 9.17) is 0 Å². The van der Waals surface area contributed by atoms with Crippen molar-refractivity contribution in [1.29, 1.82) is 0 Å². The number of hydrogen-bond acceptors (Lipinski definition) is 3. The van der Waals surface area contributed by atoms with Crippen molar-refractivity contribution in [2.45, 2.75) is 90.4 Å². The molecule has 5 heteroatoms. The molecule has 156 valence electrons. The van der Waals surface area contributed by atoms with Gasteiger partial charge in [0.05, 0.1) is 0 Å². The number of carbonyl (C=O) groups excluding carboxylic acids is 1. The fraction of sp³-hybridized carbons (Fsp3) is 0.955. The standard InChI is InChI=1S/C22H42N4O/c1-17(2)23(7)20(27)24-12-10-22(11-13-24)16-25(18(3)4)15-21(5,6)26(22)14-19-8-9-19/h17-19H,8-16H2,1-7H3. The number of likely N-dealkylation sites (tertiary alicyclic amines) is 1. The van der Waals surface area contributed by atoms with Crippen molar-refractivity contribution >= 4 is 6.03 Å². The lowest BCUT2D eigenvalue weighted by atomic mass is 9.77. The van der Waals surface area contributed by atoms with E-state index in [0.717, 1.165) is 44.9 Å². The first kappa shape index (κ1) is 20.9. The first-order valence-electron chi connectivity index (χ1n) is 11.1. The number of piperidine rings is 1. The monoisotopic (exact) mass is 378 g/mol. The Bertz CT molecular complexity index is 532. The Morgan fingerprint density at radius 3 is 2.15 bits per heavy atom. The van der Waals surface area contributed by atoms with E-state index in [0.29, 0.717) is 6.04 Å². The summed E-state index contributed by atoms with van der Waals surface area (Å²) in [5.41, 5.74) is 0.424. The molecule has 0 aromatic heterocycles. The normalized spacial score (nSPS) is 26.2. The van der Waals surface area contributed by atoms with Crippen molar-refractivity contribution in [2.24, 2.45) is 5.92 Å². The molecule has 2 aliphatic heterocycles. The zero-order valence-corrected chi connectivity index (χ0v) is 18.8. The fourth-order valence-corrected chi connectivity index (χ4v) is 5.09. The Hall–Kier alpha value is -0.810. The van der Waals surface area contributed by atoms with Gasteiger partial charge >= 0.3 is 6.03 Å². The molecule has 0 unspecified atom stereocenters. The minimum absolute atomic E-state index is 0.198. The second kappa shape index (κ2) is 7.55. The highest BCUT2D eigenvalue weighted by molar-refractivity contribution is 5.74. The van der Waals surface area contributed by atoms with Crippen molar-refractivity contribution in [3.05, 3.63) is 0 Å². The van der Waals surface area contributed by atoms with Crippen LogP contribution < -0.4 is 0 Å². The minimum atomic E-state index is 0.198. The summed E-state index contributed by atoms with van der Waals surface area (Å²) in [6, 6.07) is 1.03. The summed E-state index contributed by atoms with van der Waals surface area (Å²) in [5.74, 6) is 0.901. The molecule has 2 saturated heterocycles. The first-order chi connectivity index (χ1) is 12.6. The zero-order chi connectivity index (χ0) is 20.0. The van der Waals surface area contributed by atoms with Gasteiger partial charge in [0.15, 0.2) is 0 Å². The summed E-state index contributed by atoms with van der Waals surface area (Å²) >= 11 is 0. The van der Waals surface area contributed by atoms with Crippen LogP contribution in [0.2, 0.25) is 0 Å². The molecule has 0 radical (unpaired) electrons. The molecule has 2 heterocycles. The highest BCUT2D eigenvalue weighted by Gasteiger charge is 2.52. The van der Waals surface area contributed by atoms with Crippen LogP contribution in [0.4, 0.5) is 4.79 Å². The maximum Gasteiger partial charge on any atom is 0.319 e. The Kier molecular flexibility index (Phi) is 5.85. The van der Waals surface area contributed by atoms with Gasteiger partial charge in [-0.2, -0.15) is 0 Å². The molecule has 0 atom stereocenters. The fourth-order valence-electron chi connectivity index (χ4n) is 5.09. The molecule has 1 spiro atoms. The second-order valence-corrected chi connectivity index (χ2v) is 10.6. The Morgan fingerprint density at radius 1 is 1.07 bits per heavy atom. The number of hydrogen-bond donors (Lipinski definition) is 0. The molecule has 0 N–H and O–H groups in total. The van der Waals surface area contributed by atoms with Crippen LogP contribution in [-0.2, 0) is 0 Å². The van der Waals surface area contributed by atoms with E-state index in [1.165, 1.54) is 19.4 Å². The van der Waals surface area contributed by atoms with Gasteiger partial charge in [0.1, 0.15) is 0 Å². The lowest BCUT2D eigenvalue weighted by Crippen LogP contribution is -2.73. The third-order valence-corrected chi connectivity index (χ3v) is 7.30. The van der Waals surface area contributed by atoms with Crippen LogP contribution >= 0.6 is 0 Å². The highest BCUT2D eigenvalue weighted by atomic mass is 16.2. The SMILES string of the molecule is CC(C)N1CC(C)(C)N(CC2CC2)C2(CCN(C(=O)N(C)C(C)C)CC2)C1. The topological polar surface area (TPSA) is 30.0 Å². The molecule has 0 aromatic rings. The zero-order valence-electron chi connectivity index (χ0n) is 18.8. The summed E-state index contributed by atoms with van der Waals surface area (Å²) in [4.78, 5) is 22.3. The Morgan fingerprint density at radius 2 is 1.67 bits per heavy atom. The van der Waals surface area contributed by atoms with Gasteiger partial charge in [-0.15, -0.1) is 0 Å². The number of urea groups is 1. The van der Waals surface area contributed by atoms with Crippen molar-refractivity contribution in [1.82, 2.24) is 19.6 Å². The maximum absolute atomic E-state index is 12.8. The maximum atomic E-state index is 12.8. The van der Waals surface area contributed by atoms with Gasteiger partial charge in [-0.1, -0.05) is 0 Å². The Labute approximate surface area is 167 Å². The van der Waals surface area contributed by atoms with Crippen LogP contribution in [0.3, 0.4) is 0 Å². The number of amides is 2. The summed E-state index contributed by atoms with van der Waals surface area (Å²) in [6.07, 6.45) is 5.01. The lowest BCUT2D eigenvalue weighted by Gasteiger charge is -2.62. The van der Waals surface area contributed by atoms with E-state index in [1.807, 2.05) is 11.9 Å². The van der Waals surface area contributed by atoms with Crippen LogP contribution in [0.15, 0.2) is 0 Å². The van der Waals surface area contributed by atoms with Gasteiger partial charge in [0.2, 0.25) is 0 Å². The van der Waals surface area contributed by atoms with E-state index in [9.17, 15) is 4.79 Å². The van der Waals surface area contributed by atoms with Crippen molar-refractivity contribution < 1.29 is 4.79 Å². The van der Waals surface area contributed by atoms with Crippen molar-refractivity contribution in [3.8, 4) is 0 Å². The molecule has 1 saturated carbocycles. The average molecular weight is 379 g/mol. The molecule has 3 aliphatic rings. The van der Waals surface area contributed by atoms with E-state index >= 15 is 0 Å². The molecule has 0 aromatic carbocycles. The van der Waals surface area contributed by atoms with Crippen LogP contribution in [0, 0.1) is 5.92 Å². The van der Waals surface area contributed by atoms with Crippen LogP contribution in [-0.4, -0.2) is 88.6 Å². The van der Waals surface area contributed by atoms with Gasteiger partial charge in [-0.25, -0.2) is 4.79 Å². The van der Waals surface area contributed by atoms with Gasteiger partial charge in [-0.3, -0.25) is 9.80 Å². The van der Waals surface area contributed by atoms with Crippen molar-refractivity contribution in [2.75, 3.05) is 39.8 Å². The molecular weight excluding hydrogens is 336 g/mol. The quantitative estimate of drug-likeness (QED) is 0.750. The molecule has 27 heavy (non-hydrogen) atoms. The highest BCUT2D eigenvalue weighted by Crippen LogP contribution is 2.43. The van der Waals surface area contributed by atoms with Gasteiger partial charge in [0, 0.05) is 62.9 Å².